The van der Waals surface area contributed by atoms with E-state index in [1.807, 2.05) is 6.92 Å². The van der Waals surface area contributed by atoms with Crippen LogP contribution in [0.25, 0.3) is 0 Å². The second kappa shape index (κ2) is 2.67. The third-order valence-corrected chi connectivity index (χ3v) is 2.11. The van der Waals surface area contributed by atoms with Crippen molar-refractivity contribution < 1.29 is 5.11 Å². The van der Waals surface area contributed by atoms with Crippen molar-refractivity contribution in [3.05, 3.63) is 0 Å². The summed E-state index contributed by atoms with van der Waals surface area (Å²) in [5, 5.41) is 12.4. The maximum atomic E-state index is 9.16. The fraction of sp³-hybridized carbons (Fsp3) is 1.00. The van der Waals surface area contributed by atoms with E-state index in [0.29, 0.717) is 12.0 Å². The van der Waals surface area contributed by atoms with E-state index in [1.54, 1.807) is 0 Å². The van der Waals surface area contributed by atoms with Gasteiger partial charge in [-0.3, -0.25) is 0 Å². The Kier molecular flexibility index (Phi) is 2.09. The van der Waals surface area contributed by atoms with E-state index < -0.39 is 0 Å². The standard InChI is InChI=1S/C7H15NO/c1-5-3-4-8-7(5)6(2)9/h5-9H,3-4H2,1-2H3/t5?,6-,7?/m0/s1. The lowest BCUT2D eigenvalue weighted by Gasteiger charge is -2.17. The summed E-state index contributed by atoms with van der Waals surface area (Å²) in [5.41, 5.74) is 0. The van der Waals surface area contributed by atoms with Gasteiger partial charge in [0.15, 0.2) is 0 Å². The van der Waals surface area contributed by atoms with Crippen molar-refractivity contribution in [1.82, 2.24) is 5.32 Å². The third-order valence-electron chi connectivity index (χ3n) is 2.11. The Bertz CT molecular complexity index is 92.9. The highest BCUT2D eigenvalue weighted by Crippen LogP contribution is 2.16. The topological polar surface area (TPSA) is 32.3 Å². The minimum Gasteiger partial charge on any atom is -0.392 e. The summed E-state index contributed by atoms with van der Waals surface area (Å²) < 4.78 is 0. The molecule has 2 N–H and O–H groups in total. The van der Waals surface area contributed by atoms with Gasteiger partial charge in [-0.2, -0.15) is 0 Å². The Morgan fingerprint density at radius 1 is 1.67 bits per heavy atom. The van der Waals surface area contributed by atoms with E-state index in [2.05, 4.69) is 12.2 Å². The number of aliphatic hydroxyl groups is 1. The summed E-state index contributed by atoms with van der Waals surface area (Å²) in [7, 11) is 0. The molecule has 9 heavy (non-hydrogen) atoms. The van der Waals surface area contributed by atoms with Crippen LogP contribution >= 0.6 is 0 Å². The molecule has 2 nitrogen and oxygen atoms in total. The SMILES string of the molecule is CC1CCNC1[C@H](C)O. The molecular weight excluding hydrogens is 114 g/mol. The summed E-state index contributed by atoms with van der Waals surface area (Å²) in [6.07, 6.45) is 1.01. The van der Waals surface area contributed by atoms with E-state index in [1.165, 1.54) is 6.42 Å². The van der Waals surface area contributed by atoms with Crippen LogP contribution < -0.4 is 5.32 Å². The Balaban J connectivity index is 2.40. The van der Waals surface area contributed by atoms with Gasteiger partial charge in [0.2, 0.25) is 0 Å². The predicted molar refractivity (Wildman–Crippen MR) is 37.3 cm³/mol. The van der Waals surface area contributed by atoms with Gasteiger partial charge in [0.25, 0.3) is 0 Å². The molecule has 1 rings (SSSR count). The summed E-state index contributed by atoms with van der Waals surface area (Å²) in [6, 6.07) is 0.338. The molecule has 2 heteroatoms. The van der Waals surface area contributed by atoms with Gasteiger partial charge in [0.1, 0.15) is 0 Å². The van der Waals surface area contributed by atoms with E-state index in [-0.39, 0.29) is 6.10 Å². The Morgan fingerprint density at radius 2 is 2.33 bits per heavy atom. The maximum Gasteiger partial charge on any atom is 0.0667 e. The lowest BCUT2D eigenvalue weighted by molar-refractivity contribution is 0.137. The third kappa shape index (κ3) is 1.43. The first-order valence-electron chi connectivity index (χ1n) is 3.63. The first-order chi connectivity index (χ1) is 4.22. The molecule has 54 valence electrons. The molecule has 0 aromatic rings. The molecule has 0 saturated carbocycles. The summed E-state index contributed by atoms with van der Waals surface area (Å²) >= 11 is 0. The lowest BCUT2D eigenvalue weighted by atomic mass is 10.00. The molecule has 1 fully saturated rings. The van der Waals surface area contributed by atoms with Gasteiger partial charge >= 0.3 is 0 Å². The highest BCUT2D eigenvalue weighted by Gasteiger charge is 2.25. The molecule has 0 aromatic carbocycles. The van der Waals surface area contributed by atoms with Crippen LogP contribution in [0.15, 0.2) is 0 Å². The van der Waals surface area contributed by atoms with Crippen molar-refractivity contribution in [2.24, 2.45) is 5.92 Å². The van der Waals surface area contributed by atoms with Crippen molar-refractivity contribution in [3.63, 3.8) is 0 Å². The highest BCUT2D eigenvalue weighted by atomic mass is 16.3. The van der Waals surface area contributed by atoms with Crippen molar-refractivity contribution in [2.45, 2.75) is 32.4 Å². The van der Waals surface area contributed by atoms with Crippen LogP contribution in [0.4, 0.5) is 0 Å². The molecule has 0 spiro atoms. The van der Waals surface area contributed by atoms with Crippen LogP contribution in [0.2, 0.25) is 0 Å². The Hall–Kier alpha value is -0.0800. The number of rotatable bonds is 1. The predicted octanol–water partition coefficient (Wildman–Crippen LogP) is 0.365. The average Bonchev–Trinajstić information content (AvgIpc) is 2.13. The molecule has 0 aromatic heterocycles. The van der Waals surface area contributed by atoms with Gasteiger partial charge in [-0.05, 0) is 25.8 Å². The number of nitrogens with one attached hydrogen (secondary N) is 1. The van der Waals surface area contributed by atoms with Crippen molar-refractivity contribution in [1.29, 1.82) is 0 Å². The first-order valence-corrected chi connectivity index (χ1v) is 3.63. The van der Waals surface area contributed by atoms with Gasteiger partial charge in [-0.15, -0.1) is 0 Å². The quantitative estimate of drug-likeness (QED) is 0.536. The number of hydrogen-bond acceptors (Lipinski definition) is 2. The van der Waals surface area contributed by atoms with Gasteiger partial charge in [0, 0.05) is 6.04 Å². The molecule has 0 bridgehead atoms. The van der Waals surface area contributed by atoms with Crippen LogP contribution in [-0.2, 0) is 0 Å². The fourth-order valence-corrected chi connectivity index (χ4v) is 1.50. The van der Waals surface area contributed by atoms with E-state index >= 15 is 0 Å². The van der Waals surface area contributed by atoms with Gasteiger partial charge in [0.05, 0.1) is 6.10 Å². The Labute approximate surface area is 56.3 Å². The summed E-state index contributed by atoms with van der Waals surface area (Å²) in [4.78, 5) is 0. The lowest BCUT2D eigenvalue weighted by Crippen LogP contribution is -2.36. The molecule has 1 saturated heterocycles. The van der Waals surface area contributed by atoms with Gasteiger partial charge < -0.3 is 10.4 Å². The van der Waals surface area contributed by atoms with E-state index in [4.69, 9.17) is 5.11 Å². The molecule has 3 atom stereocenters. The molecule has 1 aliphatic rings. The zero-order chi connectivity index (χ0) is 6.85. The smallest absolute Gasteiger partial charge is 0.0667 e. The zero-order valence-electron chi connectivity index (χ0n) is 6.09. The molecule has 1 aliphatic heterocycles. The van der Waals surface area contributed by atoms with Crippen LogP contribution in [-0.4, -0.2) is 23.8 Å². The molecule has 2 unspecified atom stereocenters. The first kappa shape index (κ1) is 7.03. The zero-order valence-corrected chi connectivity index (χ0v) is 6.09. The van der Waals surface area contributed by atoms with Crippen molar-refractivity contribution in [2.75, 3.05) is 6.54 Å². The summed E-state index contributed by atoms with van der Waals surface area (Å²) in [5.74, 6) is 0.644. The molecule has 0 aliphatic carbocycles. The maximum absolute atomic E-state index is 9.16. The molecule has 0 radical (unpaired) electrons. The van der Waals surface area contributed by atoms with E-state index in [9.17, 15) is 0 Å². The average molecular weight is 129 g/mol. The second-order valence-corrected chi connectivity index (χ2v) is 2.99. The van der Waals surface area contributed by atoms with Gasteiger partial charge in [-0.25, -0.2) is 0 Å². The molecular formula is C7H15NO. The van der Waals surface area contributed by atoms with Crippen molar-refractivity contribution in [3.8, 4) is 0 Å². The van der Waals surface area contributed by atoms with Crippen LogP contribution in [0.5, 0.6) is 0 Å². The van der Waals surface area contributed by atoms with Crippen LogP contribution in [0, 0.1) is 5.92 Å². The molecule has 0 amide bonds. The largest absolute Gasteiger partial charge is 0.392 e. The van der Waals surface area contributed by atoms with Crippen molar-refractivity contribution >= 4 is 0 Å². The normalized spacial score (nSPS) is 39.0. The molecule has 1 heterocycles. The Morgan fingerprint density at radius 3 is 2.56 bits per heavy atom. The second-order valence-electron chi connectivity index (χ2n) is 2.99. The van der Waals surface area contributed by atoms with E-state index in [0.717, 1.165) is 6.54 Å². The van der Waals surface area contributed by atoms with Gasteiger partial charge in [-0.1, -0.05) is 6.92 Å². The number of aliphatic hydroxyl groups excluding tert-OH is 1. The summed E-state index contributed by atoms with van der Waals surface area (Å²) in [6.45, 7) is 5.09. The minimum absolute atomic E-state index is 0.192. The fourth-order valence-electron chi connectivity index (χ4n) is 1.50. The monoisotopic (exact) mass is 129 g/mol. The minimum atomic E-state index is -0.192. The van der Waals surface area contributed by atoms with Crippen LogP contribution in [0.3, 0.4) is 0 Å². The highest BCUT2D eigenvalue weighted by molar-refractivity contribution is 4.84. The van der Waals surface area contributed by atoms with Crippen LogP contribution in [0.1, 0.15) is 20.3 Å². The number of hydrogen-bond donors (Lipinski definition) is 2.